The minimum absolute atomic E-state index is 0.428. The minimum atomic E-state index is -2.28. The fourth-order valence-corrected chi connectivity index (χ4v) is 4.60. The summed E-state index contributed by atoms with van der Waals surface area (Å²) in [5.74, 6) is 0. The molecule has 0 aliphatic carbocycles. The van der Waals surface area contributed by atoms with E-state index in [4.69, 9.17) is 17.7 Å². The molecule has 3 rings (SSSR count). The summed E-state index contributed by atoms with van der Waals surface area (Å²) in [6.45, 7) is 9.84. The van der Waals surface area contributed by atoms with Crippen molar-refractivity contribution in [2.45, 2.75) is 52.6 Å². The van der Waals surface area contributed by atoms with Crippen molar-refractivity contribution >= 4 is 17.1 Å². The van der Waals surface area contributed by atoms with Gasteiger partial charge in [-0.25, -0.2) is 0 Å². The van der Waals surface area contributed by atoms with Crippen LogP contribution < -0.4 is 0 Å². The van der Waals surface area contributed by atoms with Crippen molar-refractivity contribution in [1.29, 1.82) is 0 Å². The fourth-order valence-electron chi connectivity index (χ4n) is 2.45. The first-order chi connectivity index (χ1) is 12.3. The molecule has 4 bridgehead atoms. The van der Waals surface area contributed by atoms with Gasteiger partial charge < -0.3 is 17.7 Å². The maximum absolute atomic E-state index is 6.05. The van der Waals surface area contributed by atoms with E-state index in [1.54, 1.807) is 0 Å². The van der Waals surface area contributed by atoms with Crippen LogP contribution in [0.25, 0.3) is 0 Å². The maximum atomic E-state index is 6.05. The average molecular weight is 391 g/mol. The van der Waals surface area contributed by atoms with Gasteiger partial charge in [-0.2, -0.15) is 0 Å². The van der Waals surface area contributed by atoms with Gasteiger partial charge in [-0.05, 0) is 50.5 Å². The topological polar surface area (TPSA) is 62.7 Å². The molecule has 0 N–H and O–H groups in total. The van der Waals surface area contributed by atoms with Gasteiger partial charge in [0, 0.05) is 0 Å². The third-order valence-corrected chi connectivity index (χ3v) is 7.36. The lowest BCUT2D eigenvalue weighted by atomic mass is 10.3. The van der Waals surface area contributed by atoms with Crippen LogP contribution in [0, 0.1) is 0 Å². The second kappa shape index (κ2) is 8.07. The summed E-state index contributed by atoms with van der Waals surface area (Å²) in [6, 6.07) is 11.8. The second-order valence-electron chi connectivity index (χ2n) is 7.19. The van der Waals surface area contributed by atoms with E-state index in [2.05, 4.69) is 9.97 Å². The largest absolute Gasteiger partial charge is 0.388 e. The molecule has 1 aliphatic rings. The molecule has 0 aromatic carbocycles. The van der Waals surface area contributed by atoms with Gasteiger partial charge in [0.1, 0.15) is 0 Å². The van der Waals surface area contributed by atoms with E-state index in [-0.39, 0.29) is 0 Å². The van der Waals surface area contributed by atoms with Crippen LogP contribution in [0.1, 0.15) is 22.8 Å². The molecule has 8 heteroatoms. The molecule has 26 heavy (non-hydrogen) atoms. The predicted molar refractivity (Wildman–Crippen MR) is 103 cm³/mol. The first-order valence-corrected chi connectivity index (χ1v) is 14.4. The SMILES string of the molecule is C[Si]1(C)OCc2cccc(n2)CO[Si](C)(C)OCc2cccc(n2)CO1. The van der Waals surface area contributed by atoms with E-state index < -0.39 is 17.1 Å². The zero-order valence-corrected chi connectivity index (χ0v) is 17.8. The van der Waals surface area contributed by atoms with E-state index in [0.717, 1.165) is 22.8 Å². The van der Waals surface area contributed by atoms with Crippen LogP contribution in [0.5, 0.6) is 0 Å². The summed E-state index contributed by atoms with van der Waals surface area (Å²) in [7, 11) is -4.55. The Morgan fingerprint density at radius 2 is 0.846 bits per heavy atom. The van der Waals surface area contributed by atoms with Crippen molar-refractivity contribution in [3.05, 3.63) is 59.2 Å². The molecule has 0 saturated carbocycles. The Morgan fingerprint density at radius 3 is 1.12 bits per heavy atom. The quantitative estimate of drug-likeness (QED) is 0.640. The smallest absolute Gasteiger partial charge is 0.332 e. The summed E-state index contributed by atoms with van der Waals surface area (Å²) in [4.78, 5) is 9.26. The molecular formula is C18H26N2O4Si2. The van der Waals surface area contributed by atoms with Gasteiger partial charge in [0.05, 0.1) is 49.2 Å². The molecule has 0 unspecified atom stereocenters. The maximum Gasteiger partial charge on any atom is 0.332 e. The Labute approximate surface area is 157 Å². The van der Waals surface area contributed by atoms with Crippen LogP contribution in [-0.2, 0) is 44.1 Å². The zero-order valence-electron chi connectivity index (χ0n) is 15.8. The molecule has 0 saturated heterocycles. The van der Waals surface area contributed by atoms with Gasteiger partial charge in [0.15, 0.2) is 0 Å². The van der Waals surface area contributed by atoms with Crippen molar-refractivity contribution in [2.24, 2.45) is 0 Å². The van der Waals surface area contributed by atoms with E-state index in [9.17, 15) is 0 Å². The number of aromatic nitrogens is 2. The van der Waals surface area contributed by atoms with Gasteiger partial charge in [-0.15, -0.1) is 0 Å². The third kappa shape index (κ3) is 5.80. The van der Waals surface area contributed by atoms with Gasteiger partial charge in [-0.3, -0.25) is 9.97 Å². The third-order valence-electron chi connectivity index (χ3n) is 4.00. The molecule has 140 valence electrons. The molecular weight excluding hydrogens is 364 g/mol. The molecule has 2 aromatic heterocycles. The Kier molecular flexibility index (Phi) is 6.00. The molecule has 1 aliphatic heterocycles. The molecule has 0 fully saturated rings. The van der Waals surface area contributed by atoms with E-state index >= 15 is 0 Å². The van der Waals surface area contributed by atoms with E-state index in [1.165, 1.54) is 0 Å². The minimum Gasteiger partial charge on any atom is -0.388 e. The van der Waals surface area contributed by atoms with Crippen LogP contribution in [0.3, 0.4) is 0 Å². The number of hydrogen-bond donors (Lipinski definition) is 0. The summed E-state index contributed by atoms with van der Waals surface area (Å²) >= 11 is 0. The van der Waals surface area contributed by atoms with Crippen molar-refractivity contribution in [1.82, 2.24) is 9.97 Å². The lowest BCUT2D eigenvalue weighted by Gasteiger charge is -2.24. The normalized spacial score (nSPS) is 20.5. The number of pyridine rings is 2. The molecule has 0 radical (unpaired) electrons. The van der Waals surface area contributed by atoms with Crippen molar-refractivity contribution in [3.63, 3.8) is 0 Å². The summed E-state index contributed by atoms with van der Waals surface area (Å²) in [6.07, 6.45) is 0. The van der Waals surface area contributed by atoms with E-state index in [1.807, 2.05) is 62.6 Å². The fraction of sp³-hybridized carbons (Fsp3) is 0.444. The van der Waals surface area contributed by atoms with Crippen LogP contribution in [0.15, 0.2) is 36.4 Å². The van der Waals surface area contributed by atoms with Gasteiger partial charge in [0.2, 0.25) is 0 Å². The standard InChI is InChI=1S/C18H26N2O4Si2/c1-25(2)21-11-15-7-5-9-17(19-15)13-23-26(3,4)24-14-18-10-6-8-16(20-18)12-22-25/h5-10H,11-14H2,1-4H3. The first-order valence-electron chi connectivity index (χ1n) is 8.77. The highest BCUT2D eigenvalue weighted by Gasteiger charge is 2.27. The average Bonchev–Trinajstić information content (AvgIpc) is 2.62. The van der Waals surface area contributed by atoms with Crippen LogP contribution in [-0.4, -0.2) is 27.1 Å². The Bertz CT molecular complexity index is 641. The Hall–Kier alpha value is -1.43. The Balaban J connectivity index is 1.82. The molecule has 0 amide bonds. The zero-order chi connectivity index (χ0) is 18.6. The van der Waals surface area contributed by atoms with Gasteiger partial charge in [0.25, 0.3) is 0 Å². The predicted octanol–water partition coefficient (Wildman–Crippen LogP) is 3.66. The lowest BCUT2D eigenvalue weighted by Crippen LogP contribution is -2.35. The van der Waals surface area contributed by atoms with Crippen molar-refractivity contribution in [2.75, 3.05) is 0 Å². The molecule has 2 aromatic rings. The van der Waals surface area contributed by atoms with Crippen molar-refractivity contribution in [3.8, 4) is 0 Å². The molecule has 0 spiro atoms. The molecule has 3 heterocycles. The number of hydrogen-bond acceptors (Lipinski definition) is 6. The number of rotatable bonds is 0. The summed E-state index contributed by atoms with van der Waals surface area (Å²) in [5.41, 5.74) is 3.51. The molecule has 6 nitrogen and oxygen atoms in total. The van der Waals surface area contributed by atoms with Gasteiger partial charge in [-0.1, -0.05) is 12.1 Å². The van der Waals surface area contributed by atoms with Crippen LogP contribution in [0.2, 0.25) is 26.2 Å². The Morgan fingerprint density at radius 1 is 0.577 bits per heavy atom. The van der Waals surface area contributed by atoms with Crippen LogP contribution in [0.4, 0.5) is 0 Å². The monoisotopic (exact) mass is 390 g/mol. The summed E-state index contributed by atoms with van der Waals surface area (Å²) in [5, 5.41) is 0. The number of fused-ring (bicyclic) bond motifs is 4. The highest BCUT2D eigenvalue weighted by molar-refractivity contribution is 6.64. The first kappa shape index (κ1) is 19.3. The lowest BCUT2D eigenvalue weighted by molar-refractivity contribution is 0.153. The second-order valence-corrected chi connectivity index (χ2v) is 13.9. The summed E-state index contributed by atoms with van der Waals surface area (Å²) < 4.78 is 24.2. The van der Waals surface area contributed by atoms with Crippen LogP contribution >= 0.6 is 0 Å². The molecule has 0 atom stereocenters. The highest BCUT2D eigenvalue weighted by Crippen LogP contribution is 2.16. The highest BCUT2D eigenvalue weighted by atomic mass is 28.4. The van der Waals surface area contributed by atoms with Gasteiger partial charge >= 0.3 is 17.1 Å². The van der Waals surface area contributed by atoms with E-state index in [0.29, 0.717) is 26.4 Å². The number of nitrogens with zero attached hydrogens (tertiary/aromatic N) is 2. The van der Waals surface area contributed by atoms with Crippen molar-refractivity contribution < 1.29 is 17.7 Å².